The van der Waals surface area contributed by atoms with E-state index in [0.29, 0.717) is 0 Å². The van der Waals surface area contributed by atoms with Crippen LogP contribution in [0.25, 0.3) is 0 Å². The maximum absolute atomic E-state index is 12.8. The fourth-order valence-electron chi connectivity index (χ4n) is 2.64. The molecule has 25 heavy (non-hydrogen) atoms. The molecular weight excluding hydrogens is 320 g/mol. The quantitative estimate of drug-likeness (QED) is 0.477. The van der Waals surface area contributed by atoms with Crippen LogP contribution in [-0.4, -0.2) is 22.0 Å². The van der Waals surface area contributed by atoms with Crippen LogP contribution in [0.3, 0.4) is 0 Å². The fourth-order valence-corrected chi connectivity index (χ4v) is 2.64. The van der Waals surface area contributed by atoms with Crippen LogP contribution in [0.4, 0.5) is 11.4 Å². The van der Waals surface area contributed by atoms with Gasteiger partial charge >= 0.3 is 0 Å². The van der Waals surface area contributed by atoms with E-state index in [9.17, 15) is 19.8 Å². The molecule has 0 saturated heterocycles. The van der Waals surface area contributed by atoms with E-state index >= 15 is 0 Å². The Balaban J connectivity index is 2.27. The third-order valence-electron chi connectivity index (χ3n) is 4.38. The third kappa shape index (κ3) is 3.74. The smallest absolute Gasteiger partial charge is 0.240 e. The normalized spacial score (nSPS) is 11.0. The summed E-state index contributed by atoms with van der Waals surface area (Å²) < 4.78 is 0. The van der Waals surface area contributed by atoms with Crippen molar-refractivity contribution in [1.29, 1.82) is 0 Å². The molecule has 0 heterocycles. The topological polar surface area (TPSA) is 98.7 Å². The Bertz CT molecular complexity index is 708. The van der Waals surface area contributed by atoms with E-state index in [1.807, 2.05) is 0 Å². The lowest BCUT2D eigenvalue weighted by atomic mass is 9.80. The summed E-state index contributed by atoms with van der Waals surface area (Å²) in [6, 6.07) is 12.7. The van der Waals surface area contributed by atoms with Crippen molar-refractivity contribution in [2.75, 3.05) is 10.6 Å². The van der Waals surface area contributed by atoms with Crippen molar-refractivity contribution in [1.82, 2.24) is 0 Å². The number of phenols is 2. The minimum atomic E-state index is -1.33. The van der Waals surface area contributed by atoms with Crippen LogP contribution < -0.4 is 10.6 Å². The van der Waals surface area contributed by atoms with Crippen LogP contribution in [0.2, 0.25) is 0 Å². The van der Waals surface area contributed by atoms with Crippen molar-refractivity contribution < 1.29 is 19.8 Å². The number of phenolic OH excluding ortho intramolecular Hbond substituents is 2. The lowest BCUT2D eigenvalue weighted by Gasteiger charge is -2.29. The summed E-state index contributed by atoms with van der Waals surface area (Å²) in [7, 11) is 0. The summed E-state index contributed by atoms with van der Waals surface area (Å²) in [6.07, 6.45) is 0.532. The maximum Gasteiger partial charge on any atom is 0.240 e. The van der Waals surface area contributed by atoms with E-state index in [2.05, 4.69) is 10.6 Å². The molecule has 0 aliphatic rings. The summed E-state index contributed by atoms with van der Waals surface area (Å²) in [6.45, 7) is 3.50. The molecule has 0 spiro atoms. The molecule has 2 aromatic rings. The van der Waals surface area contributed by atoms with E-state index in [4.69, 9.17) is 0 Å². The average molecular weight is 342 g/mol. The molecule has 2 amide bonds. The molecule has 132 valence electrons. The van der Waals surface area contributed by atoms with Gasteiger partial charge in [0.05, 0.1) is 11.4 Å². The molecular formula is C19H22N2O4. The highest BCUT2D eigenvalue weighted by molar-refractivity contribution is 6.15. The molecule has 0 aromatic heterocycles. The molecule has 0 unspecified atom stereocenters. The molecule has 0 aliphatic heterocycles. The highest BCUT2D eigenvalue weighted by Gasteiger charge is 2.43. The molecule has 0 fully saturated rings. The fraction of sp³-hybridized carbons (Fsp3) is 0.263. The Morgan fingerprint density at radius 1 is 0.800 bits per heavy atom. The minimum absolute atomic E-state index is 0.0712. The monoisotopic (exact) mass is 342 g/mol. The van der Waals surface area contributed by atoms with Gasteiger partial charge in [0.15, 0.2) is 0 Å². The average Bonchev–Trinajstić information content (AvgIpc) is 2.60. The Morgan fingerprint density at radius 3 is 1.48 bits per heavy atom. The van der Waals surface area contributed by atoms with E-state index in [0.717, 1.165) is 0 Å². The van der Waals surface area contributed by atoms with Gasteiger partial charge in [-0.3, -0.25) is 9.59 Å². The van der Waals surface area contributed by atoms with Gasteiger partial charge in [-0.1, -0.05) is 38.1 Å². The van der Waals surface area contributed by atoms with Gasteiger partial charge in [-0.25, -0.2) is 0 Å². The number of carbonyl (C=O) groups excluding carboxylic acids is 2. The molecule has 2 rings (SSSR count). The number of rotatable bonds is 6. The van der Waals surface area contributed by atoms with Crippen molar-refractivity contribution in [2.45, 2.75) is 26.7 Å². The third-order valence-corrected chi connectivity index (χ3v) is 4.38. The molecule has 0 saturated carbocycles. The van der Waals surface area contributed by atoms with Gasteiger partial charge < -0.3 is 20.8 Å². The Labute approximate surface area is 146 Å². The standard InChI is InChI=1S/C19H22N2O4/c1-3-19(4-2,17(24)20-13-9-5-7-11-15(13)22)18(25)21-14-10-6-8-12-16(14)23/h5-12,22-23H,3-4H2,1-2H3,(H,20,24)(H,21,25). The Morgan fingerprint density at radius 2 is 1.16 bits per heavy atom. The Hall–Kier alpha value is -3.02. The zero-order chi connectivity index (χ0) is 18.4. The maximum atomic E-state index is 12.8. The molecule has 0 radical (unpaired) electrons. The van der Waals surface area contributed by atoms with Crippen LogP contribution in [-0.2, 0) is 9.59 Å². The van der Waals surface area contributed by atoms with Gasteiger partial charge in [-0.2, -0.15) is 0 Å². The first kappa shape index (κ1) is 18.3. The summed E-state index contributed by atoms with van der Waals surface area (Å²) in [5.74, 6) is -1.16. The largest absolute Gasteiger partial charge is 0.506 e. The summed E-state index contributed by atoms with van der Waals surface area (Å²) in [5.41, 5.74) is -0.840. The number of anilines is 2. The summed E-state index contributed by atoms with van der Waals surface area (Å²) in [5, 5.41) is 24.9. The van der Waals surface area contributed by atoms with Gasteiger partial charge in [0, 0.05) is 0 Å². The lowest BCUT2D eigenvalue weighted by molar-refractivity contribution is -0.137. The van der Waals surface area contributed by atoms with E-state index in [-0.39, 0.29) is 35.7 Å². The van der Waals surface area contributed by atoms with E-state index < -0.39 is 17.2 Å². The number of carbonyl (C=O) groups is 2. The molecule has 0 bridgehead atoms. The SMILES string of the molecule is CCC(CC)(C(=O)Nc1ccccc1O)C(=O)Nc1ccccc1O. The zero-order valence-corrected chi connectivity index (χ0v) is 14.2. The van der Waals surface area contributed by atoms with Gasteiger partial charge in [0.2, 0.25) is 11.8 Å². The van der Waals surface area contributed by atoms with Gasteiger partial charge in [0.1, 0.15) is 16.9 Å². The number of nitrogens with one attached hydrogen (secondary N) is 2. The van der Waals surface area contributed by atoms with E-state index in [1.165, 1.54) is 12.1 Å². The van der Waals surface area contributed by atoms with Crippen LogP contribution in [0.5, 0.6) is 11.5 Å². The molecule has 2 aromatic carbocycles. The first-order valence-corrected chi connectivity index (χ1v) is 8.13. The lowest BCUT2D eigenvalue weighted by Crippen LogP contribution is -2.45. The highest BCUT2D eigenvalue weighted by atomic mass is 16.3. The number of aromatic hydroxyl groups is 2. The van der Waals surface area contributed by atoms with Crippen molar-refractivity contribution in [3.63, 3.8) is 0 Å². The second kappa shape index (κ2) is 7.70. The molecule has 0 atom stereocenters. The minimum Gasteiger partial charge on any atom is -0.506 e. The molecule has 0 aliphatic carbocycles. The van der Waals surface area contributed by atoms with Gasteiger partial charge in [-0.15, -0.1) is 0 Å². The van der Waals surface area contributed by atoms with Gasteiger partial charge in [0.25, 0.3) is 0 Å². The highest BCUT2D eigenvalue weighted by Crippen LogP contribution is 2.33. The number of amides is 2. The van der Waals surface area contributed by atoms with Crippen LogP contribution in [0.15, 0.2) is 48.5 Å². The second-order valence-electron chi connectivity index (χ2n) is 5.73. The number of hydrogen-bond acceptors (Lipinski definition) is 4. The molecule has 6 heteroatoms. The second-order valence-corrected chi connectivity index (χ2v) is 5.73. The summed E-state index contributed by atoms with van der Waals surface area (Å²) in [4.78, 5) is 25.6. The van der Waals surface area contributed by atoms with Crippen LogP contribution in [0.1, 0.15) is 26.7 Å². The summed E-state index contributed by atoms with van der Waals surface area (Å²) >= 11 is 0. The number of hydrogen-bond donors (Lipinski definition) is 4. The van der Waals surface area contributed by atoms with Crippen molar-refractivity contribution in [2.24, 2.45) is 5.41 Å². The van der Waals surface area contributed by atoms with Crippen LogP contribution in [0, 0.1) is 5.41 Å². The number of benzene rings is 2. The zero-order valence-electron chi connectivity index (χ0n) is 14.2. The van der Waals surface area contributed by atoms with Crippen molar-refractivity contribution in [3.05, 3.63) is 48.5 Å². The molecule has 6 nitrogen and oxygen atoms in total. The molecule has 4 N–H and O–H groups in total. The predicted octanol–water partition coefficient (Wildman–Crippen LogP) is 3.48. The Kier molecular flexibility index (Phi) is 5.64. The van der Waals surface area contributed by atoms with E-state index in [1.54, 1.807) is 50.2 Å². The first-order chi connectivity index (χ1) is 11.9. The predicted molar refractivity (Wildman–Crippen MR) is 96.5 cm³/mol. The van der Waals surface area contributed by atoms with Crippen molar-refractivity contribution in [3.8, 4) is 11.5 Å². The van der Waals surface area contributed by atoms with Gasteiger partial charge in [-0.05, 0) is 37.1 Å². The number of para-hydroxylation sites is 4. The van der Waals surface area contributed by atoms with Crippen LogP contribution >= 0.6 is 0 Å². The van der Waals surface area contributed by atoms with Crippen molar-refractivity contribution >= 4 is 23.2 Å². The first-order valence-electron chi connectivity index (χ1n) is 8.13.